The van der Waals surface area contributed by atoms with E-state index in [-0.39, 0.29) is 5.75 Å². The van der Waals surface area contributed by atoms with Crippen molar-refractivity contribution in [3.8, 4) is 17.2 Å². The lowest BCUT2D eigenvalue weighted by atomic mass is 9.97. The number of aromatic hydroxyl groups is 1. The molecule has 0 spiro atoms. The minimum Gasteiger partial charge on any atom is -0.508 e. The Hall–Kier alpha value is -3.34. The molecule has 2 aromatic heterocycles. The average molecular weight is 388 g/mol. The highest BCUT2D eigenvalue weighted by Gasteiger charge is 2.14. The summed E-state index contributed by atoms with van der Waals surface area (Å²) in [6, 6.07) is 11.3. The first-order chi connectivity index (χ1) is 14.1. The molecular weight excluding hydrogens is 364 g/mol. The predicted molar refractivity (Wildman–Crippen MR) is 115 cm³/mol. The first-order valence-electron chi connectivity index (χ1n) is 9.73. The van der Waals surface area contributed by atoms with Crippen LogP contribution in [0.5, 0.6) is 17.2 Å². The van der Waals surface area contributed by atoms with Gasteiger partial charge in [-0.1, -0.05) is 13.3 Å². The van der Waals surface area contributed by atoms with Crippen molar-refractivity contribution >= 4 is 21.7 Å². The monoisotopic (exact) mass is 388 g/mol. The molecule has 0 aliphatic rings. The highest BCUT2D eigenvalue weighted by molar-refractivity contribution is 5.91. The number of nitrogens with zero attached hydrogens (tertiary/aromatic N) is 2. The standard InChI is InChI=1S/C24H24N2O3/c1-4-5-22-20-12-24(29-3)23(28-2)11-19(20)17(14-26-22)9-15-8-16-10-18(27)6-7-21(16)25-13-15/h6-8,10-14,27H,4-5,9H2,1-3H3. The molecule has 0 amide bonds. The van der Waals surface area contributed by atoms with Crippen LogP contribution in [0.3, 0.4) is 0 Å². The summed E-state index contributed by atoms with van der Waals surface area (Å²) in [6.45, 7) is 2.15. The Labute approximate surface area is 170 Å². The van der Waals surface area contributed by atoms with E-state index in [1.54, 1.807) is 26.4 Å². The van der Waals surface area contributed by atoms with Crippen LogP contribution in [0.2, 0.25) is 0 Å². The van der Waals surface area contributed by atoms with Crippen LogP contribution >= 0.6 is 0 Å². The van der Waals surface area contributed by atoms with Gasteiger partial charge >= 0.3 is 0 Å². The van der Waals surface area contributed by atoms with E-state index in [2.05, 4.69) is 18.0 Å². The molecule has 29 heavy (non-hydrogen) atoms. The van der Waals surface area contributed by atoms with Gasteiger partial charge in [-0.15, -0.1) is 0 Å². The Morgan fingerprint density at radius 3 is 2.38 bits per heavy atom. The summed E-state index contributed by atoms with van der Waals surface area (Å²) in [5, 5.41) is 12.9. The SMILES string of the molecule is CCCc1ncc(Cc2cnc3ccc(O)cc3c2)c2cc(OC)c(OC)cc12. The van der Waals surface area contributed by atoms with Gasteiger partial charge in [0.2, 0.25) is 0 Å². The predicted octanol–water partition coefficient (Wildman–Crippen LogP) is 5.05. The van der Waals surface area contributed by atoms with E-state index < -0.39 is 0 Å². The van der Waals surface area contributed by atoms with Gasteiger partial charge in [-0.05, 0) is 59.3 Å². The van der Waals surface area contributed by atoms with Crippen molar-refractivity contribution < 1.29 is 14.6 Å². The third-order valence-electron chi connectivity index (χ3n) is 5.16. The van der Waals surface area contributed by atoms with Crippen LogP contribution in [0.15, 0.2) is 48.8 Å². The number of rotatable bonds is 6. The fraction of sp³-hybridized carbons (Fsp3) is 0.250. The van der Waals surface area contributed by atoms with E-state index in [0.29, 0.717) is 17.9 Å². The molecule has 4 rings (SSSR count). The van der Waals surface area contributed by atoms with Gasteiger partial charge in [-0.25, -0.2) is 0 Å². The van der Waals surface area contributed by atoms with Crippen molar-refractivity contribution in [2.24, 2.45) is 0 Å². The van der Waals surface area contributed by atoms with Crippen molar-refractivity contribution in [3.05, 3.63) is 65.6 Å². The molecule has 0 aliphatic carbocycles. The maximum atomic E-state index is 9.78. The Balaban J connectivity index is 1.83. The zero-order chi connectivity index (χ0) is 20.4. The van der Waals surface area contributed by atoms with Gasteiger partial charge in [0.05, 0.1) is 19.7 Å². The number of pyridine rings is 2. The molecule has 4 aromatic rings. The number of benzene rings is 2. The second-order valence-corrected chi connectivity index (χ2v) is 7.13. The summed E-state index contributed by atoms with van der Waals surface area (Å²) in [5.74, 6) is 1.65. The van der Waals surface area contributed by atoms with E-state index in [0.717, 1.165) is 51.3 Å². The lowest BCUT2D eigenvalue weighted by Crippen LogP contribution is -1.99. The summed E-state index contributed by atoms with van der Waals surface area (Å²) in [5.41, 5.74) is 4.08. The molecule has 0 saturated heterocycles. The highest BCUT2D eigenvalue weighted by atomic mass is 16.5. The largest absolute Gasteiger partial charge is 0.508 e. The molecule has 0 radical (unpaired) electrons. The van der Waals surface area contributed by atoms with Crippen LogP contribution in [0.4, 0.5) is 0 Å². The lowest BCUT2D eigenvalue weighted by molar-refractivity contribution is 0.356. The van der Waals surface area contributed by atoms with E-state index in [1.165, 1.54) is 0 Å². The summed E-state index contributed by atoms with van der Waals surface area (Å²) >= 11 is 0. The molecule has 0 bridgehead atoms. The van der Waals surface area contributed by atoms with Gasteiger partial charge in [-0.3, -0.25) is 9.97 Å². The van der Waals surface area contributed by atoms with Gasteiger partial charge < -0.3 is 14.6 Å². The maximum Gasteiger partial charge on any atom is 0.161 e. The van der Waals surface area contributed by atoms with E-state index in [1.807, 2.05) is 30.6 Å². The van der Waals surface area contributed by atoms with Crippen molar-refractivity contribution in [1.29, 1.82) is 0 Å². The number of aromatic nitrogens is 2. The van der Waals surface area contributed by atoms with Crippen LogP contribution in [0.25, 0.3) is 21.7 Å². The van der Waals surface area contributed by atoms with E-state index in [4.69, 9.17) is 14.5 Å². The first-order valence-corrected chi connectivity index (χ1v) is 9.73. The van der Waals surface area contributed by atoms with Crippen molar-refractivity contribution in [3.63, 3.8) is 0 Å². The molecule has 0 fully saturated rings. The second kappa shape index (κ2) is 7.95. The van der Waals surface area contributed by atoms with E-state index in [9.17, 15) is 5.11 Å². The van der Waals surface area contributed by atoms with Crippen molar-refractivity contribution in [1.82, 2.24) is 9.97 Å². The topological polar surface area (TPSA) is 64.5 Å². The zero-order valence-electron chi connectivity index (χ0n) is 16.9. The molecule has 0 unspecified atom stereocenters. The van der Waals surface area contributed by atoms with Crippen LogP contribution < -0.4 is 9.47 Å². The number of fused-ring (bicyclic) bond motifs is 2. The number of aryl methyl sites for hydroxylation is 1. The molecule has 0 saturated carbocycles. The molecule has 2 aromatic carbocycles. The molecule has 1 N–H and O–H groups in total. The molecule has 5 heteroatoms. The van der Waals surface area contributed by atoms with Gasteiger partial charge in [-0.2, -0.15) is 0 Å². The second-order valence-electron chi connectivity index (χ2n) is 7.13. The Morgan fingerprint density at radius 2 is 1.66 bits per heavy atom. The highest BCUT2D eigenvalue weighted by Crippen LogP contribution is 2.35. The number of methoxy groups -OCH3 is 2. The molecule has 148 valence electrons. The van der Waals surface area contributed by atoms with E-state index >= 15 is 0 Å². The van der Waals surface area contributed by atoms with Crippen LogP contribution in [-0.4, -0.2) is 29.3 Å². The van der Waals surface area contributed by atoms with Gasteiger partial charge in [0.1, 0.15) is 5.75 Å². The third-order valence-corrected chi connectivity index (χ3v) is 5.16. The first kappa shape index (κ1) is 19.0. The minimum atomic E-state index is 0.240. The Kier molecular flexibility index (Phi) is 5.21. The summed E-state index contributed by atoms with van der Waals surface area (Å²) in [4.78, 5) is 9.27. The quantitative estimate of drug-likeness (QED) is 0.501. The molecule has 0 atom stereocenters. The fourth-order valence-corrected chi connectivity index (χ4v) is 3.74. The molecular formula is C24H24N2O3. The Morgan fingerprint density at radius 1 is 0.897 bits per heavy atom. The number of phenols is 1. The van der Waals surface area contributed by atoms with Crippen molar-refractivity contribution in [2.75, 3.05) is 14.2 Å². The van der Waals surface area contributed by atoms with Gasteiger partial charge in [0.25, 0.3) is 0 Å². The third kappa shape index (κ3) is 3.68. The van der Waals surface area contributed by atoms with Gasteiger partial charge in [0, 0.05) is 35.3 Å². The number of hydrogen-bond donors (Lipinski definition) is 1. The summed E-state index contributed by atoms with van der Waals surface area (Å²) < 4.78 is 11.0. The molecule has 0 aliphatic heterocycles. The minimum absolute atomic E-state index is 0.240. The fourth-order valence-electron chi connectivity index (χ4n) is 3.74. The smallest absolute Gasteiger partial charge is 0.161 e. The zero-order valence-corrected chi connectivity index (χ0v) is 16.9. The van der Waals surface area contributed by atoms with Crippen LogP contribution in [-0.2, 0) is 12.8 Å². The summed E-state index contributed by atoms with van der Waals surface area (Å²) in [7, 11) is 3.30. The van der Waals surface area contributed by atoms with Crippen LogP contribution in [0.1, 0.15) is 30.2 Å². The van der Waals surface area contributed by atoms with Crippen molar-refractivity contribution in [2.45, 2.75) is 26.2 Å². The molecule has 5 nitrogen and oxygen atoms in total. The lowest BCUT2D eigenvalue weighted by Gasteiger charge is -2.14. The van der Waals surface area contributed by atoms with Crippen LogP contribution in [0, 0.1) is 0 Å². The number of hydrogen-bond acceptors (Lipinski definition) is 5. The average Bonchev–Trinajstić information content (AvgIpc) is 2.74. The number of ether oxygens (including phenoxy) is 2. The summed E-state index contributed by atoms with van der Waals surface area (Å²) in [6.07, 6.45) is 6.44. The normalized spacial score (nSPS) is 11.1. The maximum absolute atomic E-state index is 9.78. The molecule has 2 heterocycles. The van der Waals surface area contributed by atoms with Gasteiger partial charge in [0.15, 0.2) is 11.5 Å². The number of phenolic OH excluding ortho intramolecular Hbond substituents is 1. The Bertz CT molecular complexity index is 1190.